The van der Waals surface area contributed by atoms with Gasteiger partial charge in [0.05, 0.1) is 10.6 Å². The van der Waals surface area contributed by atoms with Crippen molar-refractivity contribution in [3.63, 3.8) is 0 Å². The topological polar surface area (TPSA) is 31.4 Å². The van der Waals surface area contributed by atoms with E-state index >= 15 is 0 Å². The van der Waals surface area contributed by atoms with Gasteiger partial charge < -0.3 is 15.1 Å². The van der Waals surface area contributed by atoms with Gasteiger partial charge in [0.2, 0.25) is 0 Å². The quantitative estimate of drug-likeness (QED) is 0.586. The van der Waals surface area contributed by atoms with Crippen LogP contribution < -0.4 is 10.2 Å². The summed E-state index contributed by atoms with van der Waals surface area (Å²) in [6, 6.07) is 1.35. The lowest BCUT2D eigenvalue weighted by atomic mass is 10.0. The number of anilines is 1. The molecule has 2 bridgehead atoms. The van der Waals surface area contributed by atoms with E-state index < -0.39 is 11.7 Å². The molecule has 1 aromatic heterocycles. The molecule has 4 nitrogen and oxygen atoms in total. The van der Waals surface area contributed by atoms with Gasteiger partial charge in [-0.1, -0.05) is 23.8 Å². The summed E-state index contributed by atoms with van der Waals surface area (Å²) in [6.45, 7) is 2.58. The van der Waals surface area contributed by atoms with Crippen molar-refractivity contribution in [3.8, 4) is 0 Å². The van der Waals surface area contributed by atoms with Crippen LogP contribution >= 0.6 is 23.8 Å². The van der Waals surface area contributed by atoms with Gasteiger partial charge in [0, 0.05) is 38.4 Å². The Morgan fingerprint density at radius 1 is 1.19 bits per heavy atom. The van der Waals surface area contributed by atoms with Gasteiger partial charge in [-0.05, 0) is 43.0 Å². The first-order valence-electron chi connectivity index (χ1n) is 9.03. The van der Waals surface area contributed by atoms with Gasteiger partial charge >= 0.3 is 6.18 Å². The van der Waals surface area contributed by atoms with Crippen LogP contribution in [0.2, 0.25) is 5.02 Å². The average molecular weight is 417 g/mol. The molecule has 3 aliphatic rings. The number of hydrogen-bond acceptors (Lipinski definition) is 3. The van der Waals surface area contributed by atoms with Crippen LogP contribution in [0.5, 0.6) is 0 Å². The first kappa shape index (κ1) is 18.8. The Morgan fingerprint density at radius 2 is 1.93 bits per heavy atom. The van der Waals surface area contributed by atoms with Gasteiger partial charge in [-0.25, -0.2) is 4.98 Å². The van der Waals surface area contributed by atoms with Crippen molar-refractivity contribution in [2.45, 2.75) is 25.1 Å². The molecule has 2 fully saturated rings. The van der Waals surface area contributed by atoms with E-state index in [9.17, 15) is 13.2 Å². The van der Waals surface area contributed by atoms with Crippen LogP contribution in [0, 0.1) is 11.8 Å². The van der Waals surface area contributed by atoms with E-state index in [4.69, 9.17) is 23.8 Å². The largest absolute Gasteiger partial charge is 0.417 e. The average Bonchev–Trinajstić information content (AvgIpc) is 3.24. The number of fused-ring (bicyclic) bond motifs is 2. The second-order valence-electron chi connectivity index (χ2n) is 7.34. The molecule has 0 spiro atoms. The summed E-state index contributed by atoms with van der Waals surface area (Å²) in [7, 11) is 0. The number of thiocarbonyl (C=S) groups is 1. The molecule has 2 aliphatic carbocycles. The Balaban J connectivity index is 1.33. The predicted molar refractivity (Wildman–Crippen MR) is 103 cm³/mol. The van der Waals surface area contributed by atoms with Crippen LogP contribution in [-0.2, 0) is 6.18 Å². The van der Waals surface area contributed by atoms with Crippen LogP contribution in [0.1, 0.15) is 18.4 Å². The summed E-state index contributed by atoms with van der Waals surface area (Å²) in [5.74, 6) is 1.64. The highest BCUT2D eigenvalue weighted by atomic mass is 35.5. The van der Waals surface area contributed by atoms with E-state index in [1.54, 1.807) is 0 Å². The molecule has 1 saturated carbocycles. The molecule has 1 saturated heterocycles. The zero-order valence-corrected chi connectivity index (χ0v) is 16.1. The van der Waals surface area contributed by atoms with Gasteiger partial charge in [0.1, 0.15) is 5.82 Å². The Bertz CT molecular complexity index is 761. The number of pyridine rings is 1. The second-order valence-corrected chi connectivity index (χ2v) is 8.13. The van der Waals surface area contributed by atoms with Crippen molar-refractivity contribution in [1.82, 2.24) is 15.2 Å². The Labute approximate surface area is 166 Å². The number of alkyl halides is 3. The number of piperazine rings is 1. The number of nitrogens with zero attached hydrogens (tertiary/aromatic N) is 3. The normalized spacial score (nSPS) is 27.3. The van der Waals surface area contributed by atoms with Crippen LogP contribution in [0.3, 0.4) is 0 Å². The smallest absolute Gasteiger partial charge is 0.359 e. The van der Waals surface area contributed by atoms with Crippen molar-refractivity contribution in [3.05, 3.63) is 35.0 Å². The third-order valence-electron chi connectivity index (χ3n) is 5.60. The van der Waals surface area contributed by atoms with Gasteiger partial charge in [0.15, 0.2) is 5.11 Å². The summed E-state index contributed by atoms with van der Waals surface area (Å²) < 4.78 is 38.3. The number of aromatic nitrogens is 1. The van der Waals surface area contributed by atoms with Crippen LogP contribution in [0.4, 0.5) is 19.0 Å². The van der Waals surface area contributed by atoms with Crippen molar-refractivity contribution >= 4 is 34.7 Å². The van der Waals surface area contributed by atoms with Gasteiger partial charge in [0.25, 0.3) is 0 Å². The standard InChI is InChI=1S/C18H20ClF3N4S/c19-14-9-13(18(20,21)22)10-23-16(14)25-3-5-26(6-4-25)17(27)24-15-8-11-1-2-12(15)7-11/h1-2,9-12,15H,3-8H2,(H,24,27)/t11-,12-,15+/m1/s1. The maximum atomic E-state index is 12.8. The molecule has 4 rings (SSSR count). The molecule has 9 heteroatoms. The highest BCUT2D eigenvalue weighted by Crippen LogP contribution is 2.39. The fraction of sp³-hybridized carbons (Fsp3) is 0.556. The van der Waals surface area contributed by atoms with Gasteiger partial charge in [-0.15, -0.1) is 0 Å². The highest BCUT2D eigenvalue weighted by molar-refractivity contribution is 7.80. The maximum Gasteiger partial charge on any atom is 0.417 e. The summed E-state index contributed by atoms with van der Waals surface area (Å²) in [4.78, 5) is 7.96. The molecular formula is C18H20ClF3N4S. The van der Waals surface area contributed by atoms with Gasteiger partial charge in [-0.3, -0.25) is 0 Å². The molecular weight excluding hydrogens is 397 g/mol. The highest BCUT2D eigenvalue weighted by Gasteiger charge is 2.37. The molecule has 0 amide bonds. The summed E-state index contributed by atoms with van der Waals surface area (Å²) in [5.41, 5.74) is -0.833. The van der Waals surface area contributed by atoms with E-state index in [2.05, 4.69) is 27.4 Å². The fourth-order valence-corrected chi connectivity index (χ4v) is 4.76. The zero-order chi connectivity index (χ0) is 19.2. The molecule has 1 aliphatic heterocycles. The maximum absolute atomic E-state index is 12.8. The Hall–Kier alpha value is -1.54. The zero-order valence-electron chi connectivity index (χ0n) is 14.5. The van der Waals surface area contributed by atoms with E-state index in [-0.39, 0.29) is 5.02 Å². The summed E-state index contributed by atoms with van der Waals surface area (Å²) in [5, 5.41) is 4.27. The molecule has 1 N–H and O–H groups in total. The molecule has 146 valence electrons. The molecule has 2 heterocycles. The minimum Gasteiger partial charge on any atom is -0.359 e. The lowest BCUT2D eigenvalue weighted by Crippen LogP contribution is -2.54. The van der Waals surface area contributed by atoms with Crippen molar-refractivity contribution < 1.29 is 13.2 Å². The minimum absolute atomic E-state index is 0.0211. The lowest BCUT2D eigenvalue weighted by Gasteiger charge is -2.38. The van der Waals surface area contributed by atoms with E-state index in [1.807, 2.05) is 4.90 Å². The lowest BCUT2D eigenvalue weighted by molar-refractivity contribution is -0.137. The van der Waals surface area contributed by atoms with Crippen molar-refractivity contribution in [2.24, 2.45) is 11.8 Å². The first-order chi connectivity index (χ1) is 12.8. The van der Waals surface area contributed by atoms with Crippen LogP contribution in [0.25, 0.3) is 0 Å². The molecule has 0 aromatic carbocycles. The second kappa shape index (κ2) is 7.13. The molecule has 27 heavy (non-hydrogen) atoms. The summed E-state index contributed by atoms with van der Waals surface area (Å²) in [6.07, 6.45) is 3.32. The third-order valence-corrected chi connectivity index (χ3v) is 6.26. The number of halogens is 4. The van der Waals surface area contributed by atoms with Crippen LogP contribution in [-0.4, -0.2) is 47.2 Å². The fourth-order valence-electron chi connectivity index (χ4n) is 4.14. The van der Waals surface area contributed by atoms with Crippen LogP contribution in [0.15, 0.2) is 24.4 Å². The number of allylic oxidation sites excluding steroid dienone is 1. The monoisotopic (exact) mass is 416 g/mol. The van der Waals surface area contributed by atoms with Crippen molar-refractivity contribution in [2.75, 3.05) is 31.1 Å². The van der Waals surface area contributed by atoms with Gasteiger partial charge in [-0.2, -0.15) is 13.2 Å². The Kier molecular flexibility index (Phi) is 4.96. The Morgan fingerprint density at radius 3 is 2.48 bits per heavy atom. The third kappa shape index (κ3) is 3.87. The van der Waals surface area contributed by atoms with E-state index in [1.165, 1.54) is 6.42 Å². The first-order valence-corrected chi connectivity index (χ1v) is 9.81. The number of rotatable bonds is 2. The molecule has 0 unspecified atom stereocenters. The van der Waals surface area contributed by atoms with E-state index in [0.29, 0.717) is 49.9 Å². The predicted octanol–water partition coefficient (Wildman–Crippen LogP) is 3.71. The number of nitrogens with one attached hydrogen (secondary N) is 1. The molecule has 0 radical (unpaired) electrons. The molecule has 3 atom stereocenters. The van der Waals surface area contributed by atoms with E-state index in [0.717, 1.165) is 23.8 Å². The number of hydrogen-bond donors (Lipinski definition) is 1. The van der Waals surface area contributed by atoms with Crippen molar-refractivity contribution in [1.29, 1.82) is 0 Å². The SMILES string of the molecule is FC(F)(F)c1cnc(N2CCN(C(=S)N[C@H]3C[C@@H]4C=C[C@@H]3C4)CC2)c(Cl)c1. The minimum atomic E-state index is -4.44. The summed E-state index contributed by atoms with van der Waals surface area (Å²) >= 11 is 11.6. The molecule has 1 aromatic rings.